The first-order chi connectivity index (χ1) is 13.9. The maximum Gasteiger partial charge on any atom is 0.270 e. The van der Waals surface area contributed by atoms with Crippen LogP contribution in [0.4, 0.5) is 0 Å². The predicted octanol–water partition coefficient (Wildman–Crippen LogP) is 7.45. The Hall–Kier alpha value is -0.130. The highest BCUT2D eigenvalue weighted by molar-refractivity contribution is 7.86. The van der Waals surface area contributed by atoms with Gasteiger partial charge < -0.3 is 5.11 Å². The number of rotatable bonds is 22. The van der Waals surface area contributed by atoms with Crippen molar-refractivity contribution in [2.24, 2.45) is 0 Å². The van der Waals surface area contributed by atoms with Gasteiger partial charge in [0.1, 0.15) is 5.25 Å². The lowest BCUT2D eigenvalue weighted by Crippen LogP contribution is -2.33. The molecule has 176 valence electrons. The zero-order valence-corrected chi connectivity index (χ0v) is 20.2. The van der Waals surface area contributed by atoms with E-state index in [1.807, 2.05) is 0 Å². The van der Waals surface area contributed by atoms with Gasteiger partial charge in [-0.1, -0.05) is 129 Å². The highest BCUT2D eigenvalue weighted by Crippen LogP contribution is 2.20. The summed E-state index contributed by atoms with van der Waals surface area (Å²) in [6.45, 7) is 4.44. The minimum Gasteiger partial charge on any atom is -0.392 e. The summed E-state index contributed by atoms with van der Waals surface area (Å²) in [7, 11) is -4.18. The van der Waals surface area contributed by atoms with Crippen LogP contribution in [-0.4, -0.2) is 29.4 Å². The summed E-state index contributed by atoms with van der Waals surface area (Å²) in [6.07, 6.45) is 21.1. The molecule has 0 radical (unpaired) electrons. The van der Waals surface area contributed by atoms with Gasteiger partial charge in [-0.3, -0.25) is 4.55 Å². The van der Waals surface area contributed by atoms with Crippen LogP contribution in [-0.2, 0) is 10.1 Å². The first-order valence-electron chi connectivity index (χ1n) is 12.6. The first-order valence-corrected chi connectivity index (χ1v) is 14.1. The summed E-state index contributed by atoms with van der Waals surface area (Å²) in [5.41, 5.74) is 0. The normalized spacial score (nSPS) is 14.2. The van der Waals surface area contributed by atoms with Crippen LogP contribution in [0, 0.1) is 0 Å². The molecule has 29 heavy (non-hydrogen) atoms. The second kappa shape index (κ2) is 19.8. The Kier molecular flexibility index (Phi) is 19.7. The van der Waals surface area contributed by atoms with Crippen LogP contribution in [0.1, 0.15) is 142 Å². The summed E-state index contributed by atoms with van der Waals surface area (Å²) in [6, 6.07) is 0. The fourth-order valence-corrected chi connectivity index (χ4v) is 5.04. The molecule has 0 aliphatic heterocycles. The number of aliphatic hydroxyl groups is 1. The summed E-state index contributed by atoms with van der Waals surface area (Å²) in [5.74, 6) is 0. The van der Waals surface area contributed by atoms with Crippen molar-refractivity contribution in [3.05, 3.63) is 0 Å². The molecule has 2 atom stereocenters. The Morgan fingerprint density at radius 2 is 0.862 bits per heavy atom. The Bertz CT molecular complexity index is 436. The highest BCUT2D eigenvalue weighted by atomic mass is 32.2. The van der Waals surface area contributed by atoms with Gasteiger partial charge in [0.25, 0.3) is 10.1 Å². The molecule has 0 bridgehead atoms. The number of aliphatic hydroxyl groups excluding tert-OH is 1. The van der Waals surface area contributed by atoms with Crippen molar-refractivity contribution in [2.45, 2.75) is 154 Å². The predicted molar refractivity (Wildman–Crippen MR) is 125 cm³/mol. The molecule has 0 aromatic heterocycles. The van der Waals surface area contributed by atoms with E-state index >= 15 is 0 Å². The zero-order valence-electron chi connectivity index (χ0n) is 19.4. The lowest BCUT2D eigenvalue weighted by molar-refractivity contribution is 0.146. The molecule has 2 unspecified atom stereocenters. The molecule has 0 aliphatic carbocycles. The van der Waals surface area contributed by atoms with E-state index in [0.29, 0.717) is 12.8 Å². The van der Waals surface area contributed by atoms with Crippen LogP contribution in [0.25, 0.3) is 0 Å². The SMILES string of the molecule is CCCCCCCCCCCC(O)C(CCCCCCCCCCC)S(=O)(=O)O. The van der Waals surface area contributed by atoms with Gasteiger partial charge in [-0.2, -0.15) is 8.42 Å². The molecule has 5 heteroatoms. The number of hydrogen-bond acceptors (Lipinski definition) is 3. The molecular weight excluding hydrogens is 384 g/mol. The molecule has 4 nitrogen and oxygen atoms in total. The van der Waals surface area contributed by atoms with E-state index in [4.69, 9.17) is 0 Å². The smallest absolute Gasteiger partial charge is 0.270 e. The van der Waals surface area contributed by atoms with Crippen molar-refractivity contribution in [1.29, 1.82) is 0 Å². The number of hydrogen-bond donors (Lipinski definition) is 2. The molecule has 0 heterocycles. The van der Waals surface area contributed by atoms with Gasteiger partial charge in [0, 0.05) is 0 Å². The van der Waals surface area contributed by atoms with Gasteiger partial charge in [0.2, 0.25) is 0 Å². The summed E-state index contributed by atoms with van der Waals surface area (Å²) in [4.78, 5) is 0. The molecule has 0 saturated carbocycles. The Balaban J connectivity index is 3.86. The number of unbranched alkanes of at least 4 members (excludes halogenated alkanes) is 16. The summed E-state index contributed by atoms with van der Waals surface area (Å²) in [5, 5.41) is 9.32. The largest absolute Gasteiger partial charge is 0.392 e. The maximum absolute atomic E-state index is 11.7. The van der Waals surface area contributed by atoms with E-state index in [2.05, 4.69) is 13.8 Å². The fourth-order valence-electron chi connectivity index (χ4n) is 4.05. The van der Waals surface area contributed by atoms with Crippen LogP contribution >= 0.6 is 0 Å². The Labute approximate surface area is 182 Å². The van der Waals surface area contributed by atoms with Crippen molar-refractivity contribution in [3.8, 4) is 0 Å². The minimum absolute atomic E-state index is 0.368. The third kappa shape index (κ3) is 18.4. The molecule has 2 N–H and O–H groups in total. The monoisotopic (exact) mass is 434 g/mol. The van der Waals surface area contributed by atoms with Crippen molar-refractivity contribution in [2.75, 3.05) is 0 Å². The van der Waals surface area contributed by atoms with E-state index in [-0.39, 0.29) is 0 Å². The lowest BCUT2D eigenvalue weighted by atomic mass is 10.0. The molecule has 0 aliphatic rings. The van der Waals surface area contributed by atoms with E-state index in [0.717, 1.165) is 38.5 Å². The Morgan fingerprint density at radius 1 is 0.552 bits per heavy atom. The highest BCUT2D eigenvalue weighted by Gasteiger charge is 2.29. The lowest BCUT2D eigenvalue weighted by Gasteiger charge is -2.20. The molecule has 0 saturated heterocycles. The summed E-state index contributed by atoms with van der Waals surface area (Å²) < 4.78 is 32.9. The average molecular weight is 435 g/mol. The van der Waals surface area contributed by atoms with Crippen LogP contribution in [0.15, 0.2) is 0 Å². The van der Waals surface area contributed by atoms with E-state index < -0.39 is 21.5 Å². The second-order valence-electron chi connectivity index (χ2n) is 8.85. The second-order valence-corrected chi connectivity index (χ2v) is 10.5. The van der Waals surface area contributed by atoms with Crippen LogP contribution in [0.3, 0.4) is 0 Å². The molecule has 0 spiro atoms. The van der Waals surface area contributed by atoms with Gasteiger partial charge >= 0.3 is 0 Å². The fraction of sp³-hybridized carbons (Fsp3) is 1.00. The first kappa shape index (κ1) is 28.9. The Morgan fingerprint density at radius 3 is 1.21 bits per heavy atom. The molecule has 0 aromatic carbocycles. The minimum atomic E-state index is -4.18. The maximum atomic E-state index is 11.7. The molecular formula is C24H50O4S. The van der Waals surface area contributed by atoms with Crippen LogP contribution in [0.5, 0.6) is 0 Å². The van der Waals surface area contributed by atoms with Crippen molar-refractivity contribution < 1.29 is 18.1 Å². The molecule has 0 rings (SSSR count). The van der Waals surface area contributed by atoms with Crippen molar-refractivity contribution >= 4 is 10.1 Å². The zero-order chi connectivity index (χ0) is 21.8. The van der Waals surface area contributed by atoms with Gasteiger partial charge in [0.05, 0.1) is 6.10 Å². The molecule has 0 amide bonds. The van der Waals surface area contributed by atoms with E-state index in [9.17, 15) is 18.1 Å². The van der Waals surface area contributed by atoms with Crippen LogP contribution in [0.2, 0.25) is 0 Å². The molecule has 0 aromatic rings. The van der Waals surface area contributed by atoms with Gasteiger partial charge in [-0.05, 0) is 12.8 Å². The van der Waals surface area contributed by atoms with Gasteiger partial charge in [-0.25, -0.2) is 0 Å². The van der Waals surface area contributed by atoms with Crippen LogP contribution < -0.4 is 0 Å². The van der Waals surface area contributed by atoms with Gasteiger partial charge in [0.15, 0.2) is 0 Å². The average Bonchev–Trinajstić information content (AvgIpc) is 2.67. The summed E-state index contributed by atoms with van der Waals surface area (Å²) >= 11 is 0. The standard InChI is InChI=1S/C24H50O4S/c1-3-5-7-9-11-13-15-17-19-21-23(25)24(29(26,27)28)22-20-18-16-14-12-10-8-6-4-2/h23-25H,3-22H2,1-2H3,(H,26,27,28). The van der Waals surface area contributed by atoms with Crippen molar-refractivity contribution in [1.82, 2.24) is 0 Å². The third-order valence-corrected chi connectivity index (χ3v) is 7.32. The topological polar surface area (TPSA) is 74.6 Å². The third-order valence-electron chi connectivity index (χ3n) is 6.01. The van der Waals surface area contributed by atoms with Gasteiger partial charge in [-0.15, -0.1) is 0 Å². The van der Waals surface area contributed by atoms with E-state index in [1.165, 1.54) is 77.0 Å². The van der Waals surface area contributed by atoms with E-state index in [1.54, 1.807) is 0 Å². The van der Waals surface area contributed by atoms with Crippen molar-refractivity contribution in [3.63, 3.8) is 0 Å². The molecule has 0 fully saturated rings. The quantitative estimate of drug-likeness (QED) is 0.137.